The number of hydrogen-bond donors (Lipinski definition) is 3. The fourth-order valence-corrected chi connectivity index (χ4v) is 4.60. The highest BCUT2D eigenvalue weighted by Crippen LogP contribution is 2.46. The minimum absolute atomic E-state index is 0.0459. The number of aliphatic hydroxyl groups excluding tert-OH is 1. The quantitative estimate of drug-likeness (QED) is 0.389. The standard InChI is InChI=1S/C22H36O6/c1-2-3-11-22(27,16-9-10-16)12-6-8-18-17(19(23)14-20(18)24)7-4-5-13-28-15-21(25)26/h5,13,16-18,20,24,27H,2-4,6-12,14-15H2,1H3,(H,25,26)/t17-,18-,20-,22?/m1/s1. The Morgan fingerprint density at radius 2 is 1.96 bits per heavy atom. The van der Waals surface area contributed by atoms with Gasteiger partial charge in [0.1, 0.15) is 5.78 Å². The van der Waals surface area contributed by atoms with Crippen LogP contribution >= 0.6 is 0 Å². The Bertz CT molecular complexity index is 541. The van der Waals surface area contributed by atoms with Gasteiger partial charge in [0, 0.05) is 12.3 Å². The Morgan fingerprint density at radius 3 is 2.61 bits per heavy atom. The van der Waals surface area contributed by atoms with Gasteiger partial charge in [-0.3, -0.25) is 4.79 Å². The van der Waals surface area contributed by atoms with E-state index in [0.29, 0.717) is 18.8 Å². The second kappa shape index (κ2) is 11.0. The van der Waals surface area contributed by atoms with Crippen LogP contribution in [0.2, 0.25) is 0 Å². The molecule has 28 heavy (non-hydrogen) atoms. The van der Waals surface area contributed by atoms with E-state index in [4.69, 9.17) is 9.84 Å². The third-order valence-electron chi connectivity index (χ3n) is 6.33. The number of aliphatic hydroxyl groups is 2. The summed E-state index contributed by atoms with van der Waals surface area (Å²) in [5.41, 5.74) is -0.566. The van der Waals surface area contributed by atoms with Crippen molar-refractivity contribution >= 4 is 11.8 Å². The SMILES string of the molecule is CCCCC(O)(CCC[C@H]1[C@H](O)CC(=O)[C@@H]1CCC=COCC(=O)O)C1CC1. The summed E-state index contributed by atoms with van der Waals surface area (Å²) in [4.78, 5) is 22.7. The molecule has 4 atom stereocenters. The summed E-state index contributed by atoms with van der Waals surface area (Å²) in [6, 6.07) is 0. The Balaban J connectivity index is 1.79. The summed E-state index contributed by atoms with van der Waals surface area (Å²) in [6.45, 7) is 1.77. The minimum atomic E-state index is -1.02. The van der Waals surface area contributed by atoms with Gasteiger partial charge in [-0.2, -0.15) is 0 Å². The summed E-state index contributed by atoms with van der Waals surface area (Å²) >= 11 is 0. The van der Waals surface area contributed by atoms with E-state index in [1.54, 1.807) is 6.08 Å². The third kappa shape index (κ3) is 6.89. The molecule has 2 saturated carbocycles. The van der Waals surface area contributed by atoms with E-state index >= 15 is 0 Å². The van der Waals surface area contributed by atoms with Crippen molar-refractivity contribution in [1.82, 2.24) is 0 Å². The number of carboxylic acids is 1. The van der Waals surface area contributed by atoms with Crippen molar-refractivity contribution in [3.63, 3.8) is 0 Å². The highest BCUT2D eigenvalue weighted by atomic mass is 16.5. The number of ketones is 1. The van der Waals surface area contributed by atoms with Gasteiger partial charge in [0.25, 0.3) is 0 Å². The molecule has 0 aliphatic heterocycles. The van der Waals surface area contributed by atoms with Crippen LogP contribution in [0.3, 0.4) is 0 Å². The molecule has 0 saturated heterocycles. The van der Waals surface area contributed by atoms with Gasteiger partial charge < -0.3 is 20.1 Å². The normalized spacial score (nSPS) is 27.2. The van der Waals surface area contributed by atoms with Crippen LogP contribution in [-0.4, -0.2) is 45.4 Å². The van der Waals surface area contributed by atoms with Crippen LogP contribution in [-0.2, 0) is 14.3 Å². The topological polar surface area (TPSA) is 104 Å². The van der Waals surface area contributed by atoms with Crippen molar-refractivity contribution < 1.29 is 29.6 Å². The maximum atomic E-state index is 12.3. The molecule has 160 valence electrons. The predicted molar refractivity (Wildman–Crippen MR) is 106 cm³/mol. The van der Waals surface area contributed by atoms with Gasteiger partial charge in [0.15, 0.2) is 6.61 Å². The maximum absolute atomic E-state index is 12.3. The first-order chi connectivity index (χ1) is 13.4. The monoisotopic (exact) mass is 396 g/mol. The van der Waals surface area contributed by atoms with E-state index in [9.17, 15) is 19.8 Å². The molecule has 0 aromatic heterocycles. The Hall–Kier alpha value is -1.40. The van der Waals surface area contributed by atoms with Crippen LogP contribution in [0.1, 0.15) is 77.6 Å². The number of unbranched alkanes of at least 4 members (excludes halogenated alkanes) is 1. The molecule has 0 bridgehead atoms. The second-order valence-electron chi connectivity index (χ2n) is 8.54. The largest absolute Gasteiger partial charge is 0.490 e. The molecule has 1 unspecified atom stereocenters. The molecule has 2 aliphatic rings. The lowest BCUT2D eigenvalue weighted by molar-refractivity contribution is -0.140. The average molecular weight is 397 g/mol. The van der Waals surface area contributed by atoms with Crippen molar-refractivity contribution in [2.45, 2.75) is 89.3 Å². The van der Waals surface area contributed by atoms with Crippen molar-refractivity contribution in [3.05, 3.63) is 12.3 Å². The van der Waals surface area contributed by atoms with E-state index in [-0.39, 0.29) is 30.6 Å². The van der Waals surface area contributed by atoms with E-state index in [1.165, 1.54) is 6.26 Å². The average Bonchev–Trinajstić information content (AvgIpc) is 3.45. The molecule has 0 heterocycles. The number of carboxylic acid groups (broad SMARTS) is 1. The van der Waals surface area contributed by atoms with Crippen molar-refractivity contribution in [1.29, 1.82) is 0 Å². The van der Waals surface area contributed by atoms with Gasteiger partial charge in [-0.05, 0) is 62.9 Å². The lowest BCUT2D eigenvalue weighted by Crippen LogP contribution is -2.32. The molecule has 0 spiro atoms. The lowest BCUT2D eigenvalue weighted by atomic mass is 9.82. The minimum Gasteiger partial charge on any atom is -0.490 e. The second-order valence-corrected chi connectivity index (χ2v) is 8.54. The third-order valence-corrected chi connectivity index (χ3v) is 6.33. The van der Waals surface area contributed by atoms with E-state index in [1.807, 2.05) is 0 Å². The van der Waals surface area contributed by atoms with Crippen LogP contribution in [0.4, 0.5) is 0 Å². The Morgan fingerprint density at radius 1 is 1.25 bits per heavy atom. The van der Waals surface area contributed by atoms with Gasteiger partial charge in [0.05, 0.1) is 18.0 Å². The number of aliphatic carboxylic acids is 1. The van der Waals surface area contributed by atoms with Crippen LogP contribution in [0.5, 0.6) is 0 Å². The number of carbonyl (C=O) groups is 2. The van der Waals surface area contributed by atoms with Gasteiger partial charge in [-0.1, -0.05) is 26.2 Å². The zero-order valence-corrected chi connectivity index (χ0v) is 17.0. The molecule has 6 nitrogen and oxygen atoms in total. The Labute approximate surface area is 168 Å². The first-order valence-corrected chi connectivity index (χ1v) is 10.8. The highest BCUT2D eigenvalue weighted by molar-refractivity contribution is 5.84. The number of ether oxygens (including phenoxy) is 1. The first-order valence-electron chi connectivity index (χ1n) is 10.8. The number of carbonyl (C=O) groups excluding carboxylic acids is 1. The summed E-state index contributed by atoms with van der Waals surface area (Å²) < 4.78 is 4.86. The van der Waals surface area contributed by atoms with E-state index in [0.717, 1.165) is 51.4 Å². The first kappa shape index (κ1) is 22.9. The fourth-order valence-electron chi connectivity index (χ4n) is 4.60. The molecule has 2 fully saturated rings. The zero-order chi connectivity index (χ0) is 20.6. The van der Waals surface area contributed by atoms with Crippen molar-refractivity contribution in [2.24, 2.45) is 17.8 Å². The maximum Gasteiger partial charge on any atom is 0.341 e. The lowest BCUT2D eigenvalue weighted by Gasteiger charge is -2.29. The summed E-state index contributed by atoms with van der Waals surface area (Å²) in [5, 5.41) is 29.9. The summed E-state index contributed by atoms with van der Waals surface area (Å²) in [7, 11) is 0. The molecule has 3 N–H and O–H groups in total. The fraction of sp³-hybridized carbons (Fsp3) is 0.818. The highest BCUT2D eigenvalue weighted by Gasteiger charge is 2.44. The van der Waals surface area contributed by atoms with Crippen LogP contribution in [0.25, 0.3) is 0 Å². The molecule has 0 amide bonds. The molecular weight excluding hydrogens is 360 g/mol. The number of hydrogen-bond acceptors (Lipinski definition) is 5. The molecule has 2 aliphatic carbocycles. The van der Waals surface area contributed by atoms with Gasteiger partial charge >= 0.3 is 5.97 Å². The van der Waals surface area contributed by atoms with Gasteiger partial charge in [-0.25, -0.2) is 4.79 Å². The number of rotatable bonds is 14. The smallest absolute Gasteiger partial charge is 0.341 e. The van der Waals surface area contributed by atoms with Gasteiger partial charge in [-0.15, -0.1) is 0 Å². The zero-order valence-electron chi connectivity index (χ0n) is 17.0. The van der Waals surface area contributed by atoms with E-state index in [2.05, 4.69) is 6.92 Å². The molecule has 0 radical (unpaired) electrons. The van der Waals surface area contributed by atoms with Crippen molar-refractivity contribution in [2.75, 3.05) is 6.61 Å². The molecule has 2 rings (SSSR count). The summed E-state index contributed by atoms with van der Waals surface area (Å²) in [5.74, 6) is -0.690. The molecular formula is C22H36O6. The van der Waals surface area contributed by atoms with Gasteiger partial charge in [0.2, 0.25) is 0 Å². The predicted octanol–water partition coefficient (Wildman–Crippen LogP) is 3.45. The van der Waals surface area contributed by atoms with Crippen molar-refractivity contribution in [3.8, 4) is 0 Å². The molecule has 0 aromatic carbocycles. The number of Topliss-reactive ketones (excluding diaryl/α,β-unsaturated/α-hetero) is 1. The van der Waals surface area contributed by atoms with Crippen LogP contribution in [0, 0.1) is 17.8 Å². The molecule has 6 heteroatoms. The van der Waals surface area contributed by atoms with E-state index < -0.39 is 17.7 Å². The number of allylic oxidation sites excluding steroid dienone is 1. The Kier molecular flexibility index (Phi) is 8.96. The van der Waals surface area contributed by atoms with Crippen LogP contribution < -0.4 is 0 Å². The summed E-state index contributed by atoms with van der Waals surface area (Å²) in [6.07, 6.45) is 11.5. The molecule has 0 aromatic rings. The van der Waals surface area contributed by atoms with Crippen LogP contribution in [0.15, 0.2) is 12.3 Å².